The number of hydrogen-bond donors (Lipinski definition) is 4. The van der Waals surface area contributed by atoms with Gasteiger partial charge in [-0.2, -0.15) is 5.10 Å². The number of halogens is 2. The summed E-state index contributed by atoms with van der Waals surface area (Å²) in [6.07, 6.45) is 7.81. The van der Waals surface area contributed by atoms with Crippen LogP contribution in [0, 0.1) is 11.6 Å². The highest BCUT2D eigenvalue weighted by Crippen LogP contribution is 2.34. The standard InChI is InChI=1S/C28H24F2N8O/c1-2-3-8-21(39)34-16-11-15(12-31-13-16)24-23(30)22-20(14-33-24)37-38-27(22)28-35-19-9-10-32-25(26(19)36-28)17-6-4-5-7-18(17)29/h4-7,9-14,21,34,39H,2-3,8H2,1H3,(H,35,36)(H,37,38). The Hall–Kier alpha value is -4.77. The normalized spacial score (nSPS) is 12.3. The van der Waals surface area contributed by atoms with Gasteiger partial charge >= 0.3 is 0 Å². The van der Waals surface area contributed by atoms with E-state index < -0.39 is 17.9 Å². The van der Waals surface area contributed by atoms with E-state index in [1.165, 1.54) is 18.5 Å². The first kappa shape index (κ1) is 24.6. The summed E-state index contributed by atoms with van der Waals surface area (Å²) in [6.45, 7) is 2.05. The number of imidazole rings is 1. The van der Waals surface area contributed by atoms with Crippen LogP contribution in [-0.4, -0.2) is 46.5 Å². The number of unbranched alkanes of at least 4 members (excludes halogenated alkanes) is 1. The molecule has 0 fully saturated rings. The van der Waals surface area contributed by atoms with Crippen molar-refractivity contribution in [2.24, 2.45) is 0 Å². The minimum absolute atomic E-state index is 0.0779. The summed E-state index contributed by atoms with van der Waals surface area (Å²) in [5.41, 5.74) is 3.42. The number of aliphatic hydroxyl groups is 1. The van der Waals surface area contributed by atoms with Crippen LogP contribution >= 0.6 is 0 Å². The fourth-order valence-corrected chi connectivity index (χ4v) is 4.56. The third kappa shape index (κ3) is 4.57. The number of fused-ring (bicyclic) bond motifs is 2. The third-order valence-corrected chi connectivity index (χ3v) is 6.47. The largest absolute Gasteiger partial charge is 0.374 e. The molecule has 0 spiro atoms. The second kappa shape index (κ2) is 10.2. The van der Waals surface area contributed by atoms with Crippen molar-refractivity contribution in [3.8, 4) is 34.0 Å². The number of nitrogens with zero attached hydrogens (tertiary/aromatic N) is 5. The Morgan fingerprint density at radius 3 is 2.72 bits per heavy atom. The Balaban J connectivity index is 1.41. The summed E-state index contributed by atoms with van der Waals surface area (Å²) >= 11 is 0. The maximum Gasteiger partial charge on any atom is 0.161 e. The molecule has 1 aromatic carbocycles. The van der Waals surface area contributed by atoms with E-state index in [9.17, 15) is 9.50 Å². The van der Waals surface area contributed by atoms with Crippen molar-refractivity contribution in [3.63, 3.8) is 0 Å². The second-order valence-corrected chi connectivity index (χ2v) is 9.17. The first-order valence-electron chi connectivity index (χ1n) is 12.6. The van der Waals surface area contributed by atoms with Crippen LogP contribution in [-0.2, 0) is 0 Å². The second-order valence-electron chi connectivity index (χ2n) is 9.17. The van der Waals surface area contributed by atoms with E-state index in [2.05, 4.69) is 40.4 Å². The third-order valence-electron chi connectivity index (χ3n) is 6.47. The van der Waals surface area contributed by atoms with E-state index in [0.29, 0.717) is 51.3 Å². The van der Waals surface area contributed by atoms with E-state index >= 15 is 4.39 Å². The molecule has 1 atom stereocenters. The molecule has 196 valence electrons. The van der Waals surface area contributed by atoms with Crippen LogP contribution in [0.1, 0.15) is 26.2 Å². The number of H-pyrrole nitrogens is 2. The zero-order chi connectivity index (χ0) is 26.9. The number of aromatic amines is 2. The Morgan fingerprint density at radius 2 is 1.87 bits per heavy atom. The number of rotatable bonds is 8. The lowest BCUT2D eigenvalue weighted by Crippen LogP contribution is -2.18. The quantitative estimate of drug-likeness (QED) is 0.184. The van der Waals surface area contributed by atoms with Crippen molar-refractivity contribution in [2.45, 2.75) is 32.4 Å². The van der Waals surface area contributed by atoms with Gasteiger partial charge in [-0.25, -0.2) is 13.8 Å². The average Bonchev–Trinajstić information content (AvgIpc) is 3.57. The van der Waals surface area contributed by atoms with Gasteiger partial charge in [-0.3, -0.25) is 20.1 Å². The first-order chi connectivity index (χ1) is 19.0. The maximum absolute atomic E-state index is 16.0. The van der Waals surface area contributed by atoms with Crippen LogP contribution < -0.4 is 5.32 Å². The lowest BCUT2D eigenvalue weighted by molar-refractivity contribution is 0.190. The lowest BCUT2D eigenvalue weighted by atomic mass is 10.1. The molecule has 0 radical (unpaired) electrons. The molecule has 1 unspecified atom stereocenters. The summed E-state index contributed by atoms with van der Waals surface area (Å²) in [4.78, 5) is 20.6. The van der Waals surface area contributed by atoms with Gasteiger partial charge < -0.3 is 15.4 Å². The van der Waals surface area contributed by atoms with Crippen LogP contribution in [0.2, 0.25) is 0 Å². The Kier molecular flexibility index (Phi) is 6.41. The van der Waals surface area contributed by atoms with Crippen LogP contribution in [0.5, 0.6) is 0 Å². The van der Waals surface area contributed by atoms with Gasteiger partial charge in [0.1, 0.15) is 34.6 Å². The van der Waals surface area contributed by atoms with Gasteiger partial charge in [0.05, 0.1) is 34.5 Å². The number of benzene rings is 1. The highest BCUT2D eigenvalue weighted by Gasteiger charge is 2.22. The van der Waals surface area contributed by atoms with Crippen LogP contribution in [0.15, 0.2) is 61.2 Å². The van der Waals surface area contributed by atoms with Crippen LogP contribution in [0.3, 0.4) is 0 Å². The monoisotopic (exact) mass is 526 g/mol. The minimum Gasteiger partial charge on any atom is -0.374 e. The van der Waals surface area contributed by atoms with E-state index in [1.807, 2.05) is 6.92 Å². The number of pyridine rings is 3. The molecule has 39 heavy (non-hydrogen) atoms. The summed E-state index contributed by atoms with van der Waals surface area (Å²) in [6, 6.07) is 9.73. The molecule has 9 nitrogen and oxygen atoms in total. The topological polar surface area (TPSA) is 128 Å². The fraction of sp³-hybridized carbons (Fsp3) is 0.179. The number of hydrogen-bond acceptors (Lipinski definition) is 7. The van der Waals surface area contributed by atoms with Gasteiger partial charge in [0.25, 0.3) is 0 Å². The van der Waals surface area contributed by atoms with Crippen molar-refractivity contribution in [2.75, 3.05) is 5.32 Å². The summed E-state index contributed by atoms with van der Waals surface area (Å²) < 4.78 is 30.6. The molecule has 0 aliphatic rings. The SMILES string of the molecule is CCCCC(O)Nc1cncc(-c2ncc3[nH]nc(-c4nc5c(-c6ccccc6F)nccc5[nH]4)c3c2F)c1. The molecule has 0 aliphatic heterocycles. The van der Waals surface area contributed by atoms with Gasteiger partial charge in [-0.05, 0) is 37.1 Å². The van der Waals surface area contributed by atoms with Gasteiger partial charge in [0, 0.05) is 23.5 Å². The molecule has 0 aliphatic carbocycles. The van der Waals surface area contributed by atoms with Gasteiger partial charge in [0.15, 0.2) is 11.6 Å². The van der Waals surface area contributed by atoms with E-state index in [0.717, 1.165) is 12.8 Å². The predicted octanol–water partition coefficient (Wildman–Crippen LogP) is 5.82. The molecule has 0 saturated carbocycles. The van der Waals surface area contributed by atoms with Crippen LogP contribution in [0.25, 0.3) is 56.0 Å². The molecule has 5 heterocycles. The van der Waals surface area contributed by atoms with E-state index in [-0.39, 0.29) is 16.8 Å². The van der Waals surface area contributed by atoms with E-state index in [1.54, 1.807) is 42.7 Å². The Labute approximate surface area is 221 Å². The number of aliphatic hydroxyl groups excluding tert-OH is 1. The molecule has 6 rings (SSSR count). The maximum atomic E-state index is 16.0. The minimum atomic E-state index is -0.736. The van der Waals surface area contributed by atoms with Crippen molar-refractivity contribution in [1.29, 1.82) is 0 Å². The van der Waals surface area contributed by atoms with E-state index in [4.69, 9.17) is 0 Å². The molecule has 11 heteroatoms. The molecule has 0 saturated heterocycles. The fourth-order valence-electron chi connectivity index (χ4n) is 4.56. The zero-order valence-corrected chi connectivity index (χ0v) is 20.9. The van der Waals surface area contributed by atoms with Gasteiger partial charge in [-0.1, -0.05) is 25.5 Å². The van der Waals surface area contributed by atoms with Crippen LogP contribution in [0.4, 0.5) is 14.5 Å². The average molecular weight is 527 g/mol. The molecular formula is C28H24F2N8O. The highest BCUT2D eigenvalue weighted by atomic mass is 19.1. The number of anilines is 1. The number of aromatic nitrogens is 7. The van der Waals surface area contributed by atoms with Gasteiger partial charge in [0.2, 0.25) is 0 Å². The molecular weight excluding hydrogens is 502 g/mol. The van der Waals surface area contributed by atoms with Gasteiger partial charge in [-0.15, -0.1) is 0 Å². The zero-order valence-electron chi connectivity index (χ0n) is 20.9. The summed E-state index contributed by atoms with van der Waals surface area (Å²) in [5, 5.41) is 20.5. The summed E-state index contributed by atoms with van der Waals surface area (Å²) in [7, 11) is 0. The van der Waals surface area contributed by atoms with Crippen molar-refractivity contribution < 1.29 is 13.9 Å². The molecule has 0 bridgehead atoms. The first-order valence-corrected chi connectivity index (χ1v) is 12.6. The Bertz CT molecular complexity index is 1800. The molecule has 0 amide bonds. The number of nitrogens with one attached hydrogen (secondary N) is 3. The van der Waals surface area contributed by atoms with Crippen molar-refractivity contribution >= 4 is 27.6 Å². The summed E-state index contributed by atoms with van der Waals surface area (Å²) in [5.74, 6) is -0.725. The molecule has 4 N–H and O–H groups in total. The van der Waals surface area contributed by atoms with Crippen molar-refractivity contribution in [1.82, 2.24) is 35.1 Å². The molecule has 5 aromatic heterocycles. The molecule has 6 aromatic rings. The Morgan fingerprint density at radius 1 is 1.00 bits per heavy atom. The van der Waals surface area contributed by atoms with Crippen molar-refractivity contribution in [3.05, 3.63) is 72.8 Å². The predicted molar refractivity (Wildman–Crippen MR) is 145 cm³/mol. The smallest absolute Gasteiger partial charge is 0.161 e. The lowest BCUT2D eigenvalue weighted by Gasteiger charge is -2.14. The highest BCUT2D eigenvalue weighted by molar-refractivity contribution is 5.97.